The number of hydrogen-bond donors (Lipinski definition) is 1. The Morgan fingerprint density at radius 3 is 2.52 bits per heavy atom. The van der Waals surface area contributed by atoms with Gasteiger partial charge in [-0.15, -0.1) is 0 Å². The number of rotatable bonds is 5. The summed E-state index contributed by atoms with van der Waals surface area (Å²) in [6.45, 7) is 4.61. The summed E-state index contributed by atoms with van der Waals surface area (Å²) >= 11 is 0. The summed E-state index contributed by atoms with van der Waals surface area (Å²) in [7, 11) is 1.50. The van der Waals surface area contributed by atoms with Crippen LogP contribution >= 0.6 is 0 Å². The quantitative estimate of drug-likeness (QED) is 0.670. The predicted molar refractivity (Wildman–Crippen MR) is 82.9 cm³/mol. The van der Waals surface area contributed by atoms with E-state index in [2.05, 4.69) is 25.2 Å². The average Bonchev–Trinajstić information content (AvgIpc) is 2.48. The van der Waals surface area contributed by atoms with Gasteiger partial charge in [0.25, 0.3) is 5.69 Å². The average molecular weight is 286 g/mol. The summed E-state index contributed by atoms with van der Waals surface area (Å²) in [5.74, 6) is 0.487. The molecule has 110 valence electrons. The fourth-order valence-corrected chi connectivity index (χ4v) is 2.02. The largest absolute Gasteiger partial charge is 0.496 e. The molecule has 0 amide bonds. The van der Waals surface area contributed by atoms with Crippen LogP contribution in [0.5, 0.6) is 5.75 Å². The number of anilines is 1. The zero-order chi connectivity index (χ0) is 15.4. The zero-order valence-corrected chi connectivity index (χ0v) is 12.3. The van der Waals surface area contributed by atoms with Crippen LogP contribution in [0.1, 0.15) is 16.7 Å². The molecule has 0 spiro atoms. The van der Waals surface area contributed by atoms with Gasteiger partial charge in [0, 0.05) is 18.3 Å². The molecule has 2 aromatic rings. The van der Waals surface area contributed by atoms with E-state index >= 15 is 0 Å². The Kier molecular flexibility index (Phi) is 4.42. The molecule has 0 fully saturated rings. The van der Waals surface area contributed by atoms with Gasteiger partial charge in [-0.2, -0.15) is 0 Å². The molecule has 0 atom stereocenters. The summed E-state index contributed by atoms with van der Waals surface area (Å²) in [4.78, 5) is 10.5. The van der Waals surface area contributed by atoms with E-state index in [1.54, 1.807) is 12.1 Å². The molecule has 0 saturated carbocycles. The van der Waals surface area contributed by atoms with Crippen LogP contribution in [-0.4, -0.2) is 12.0 Å². The number of nitrogens with one attached hydrogen (secondary N) is 1. The molecule has 5 heteroatoms. The zero-order valence-electron chi connectivity index (χ0n) is 12.3. The van der Waals surface area contributed by atoms with Crippen LogP contribution in [0, 0.1) is 24.0 Å². The summed E-state index contributed by atoms with van der Waals surface area (Å²) in [6.07, 6.45) is 0. The van der Waals surface area contributed by atoms with Gasteiger partial charge in [0.1, 0.15) is 5.75 Å². The van der Waals surface area contributed by atoms with Crippen LogP contribution < -0.4 is 10.1 Å². The van der Waals surface area contributed by atoms with Gasteiger partial charge >= 0.3 is 0 Å². The third-order valence-corrected chi connectivity index (χ3v) is 3.40. The molecular formula is C16H18N2O3. The maximum atomic E-state index is 10.9. The van der Waals surface area contributed by atoms with Gasteiger partial charge in [0.15, 0.2) is 0 Å². The van der Waals surface area contributed by atoms with Gasteiger partial charge in [0.05, 0.1) is 18.1 Å². The Morgan fingerprint density at radius 2 is 1.90 bits per heavy atom. The second kappa shape index (κ2) is 6.26. The fraction of sp³-hybridized carbons (Fsp3) is 0.250. The van der Waals surface area contributed by atoms with Crippen molar-refractivity contribution in [1.82, 2.24) is 0 Å². The van der Waals surface area contributed by atoms with Crippen LogP contribution in [0.15, 0.2) is 36.4 Å². The second-order valence-corrected chi connectivity index (χ2v) is 4.95. The highest BCUT2D eigenvalue weighted by Crippen LogP contribution is 2.23. The molecule has 0 aliphatic rings. The van der Waals surface area contributed by atoms with Gasteiger partial charge in [-0.05, 0) is 48.7 Å². The number of nitro groups is 1. The Bertz CT molecular complexity index is 669. The molecule has 0 aromatic heterocycles. The second-order valence-electron chi connectivity index (χ2n) is 4.95. The lowest BCUT2D eigenvalue weighted by Crippen LogP contribution is -2.01. The Balaban J connectivity index is 2.17. The summed E-state index contributed by atoms with van der Waals surface area (Å²) in [5.41, 5.74) is 4.27. The van der Waals surface area contributed by atoms with E-state index < -0.39 is 4.92 Å². The number of nitro benzene ring substituents is 1. The van der Waals surface area contributed by atoms with Crippen LogP contribution in [0.3, 0.4) is 0 Å². The standard InChI is InChI=1S/C16H18N2O3/c1-11-4-5-14(6-12(11)2)17-10-13-7-15(18(19)20)9-16(8-13)21-3/h4-9,17H,10H2,1-3H3. The molecule has 0 radical (unpaired) electrons. The van der Waals surface area contributed by atoms with E-state index in [0.29, 0.717) is 12.3 Å². The van der Waals surface area contributed by atoms with E-state index in [1.807, 2.05) is 12.1 Å². The summed E-state index contributed by atoms with van der Waals surface area (Å²) in [5, 5.41) is 14.2. The monoisotopic (exact) mass is 286 g/mol. The lowest BCUT2D eigenvalue weighted by molar-refractivity contribution is -0.385. The fourth-order valence-electron chi connectivity index (χ4n) is 2.02. The van der Waals surface area contributed by atoms with E-state index in [1.165, 1.54) is 24.3 Å². The van der Waals surface area contributed by atoms with Crippen molar-refractivity contribution in [2.45, 2.75) is 20.4 Å². The number of nitrogens with zero attached hydrogens (tertiary/aromatic N) is 1. The number of methoxy groups -OCH3 is 1. The highest BCUT2D eigenvalue weighted by atomic mass is 16.6. The number of benzene rings is 2. The Hall–Kier alpha value is -2.56. The van der Waals surface area contributed by atoms with E-state index in [0.717, 1.165) is 11.3 Å². The minimum atomic E-state index is -0.415. The normalized spacial score (nSPS) is 10.2. The molecule has 2 aromatic carbocycles. The number of aryl methyl sites for hydroxylation is 2. The van der Waals surface area contributed by atoms with Crippen LogP contribution in [0.25, 0.3) is 0 Å². The summed E-state index contributed by atoms with van der Waals surface area (Å²) in [6, 6.07) is 10.9. The molecule has 2 rings (SSSR count). The Morgan fingerprint density at radius 1 is 1.14 bits per heavy atom. The van der Waals surface area contributed by atoms with E-state index in [9.17, 15) is 10.1 Å². The van der Waals surface area contributed by atoms with Crippen molar-refractivity contribution < 1.29 is 9.66 Å². The molecule has 0 aliphatic heterocycles. The molecule has 0 heterocycles. The van der Waals surface area contributed by atoms with Crippen molar-refractivity contribution in [3.05, 3.63) is 63.2 Å². The minimum absolute atomic E-state index is 0.0336. The van der Waals surface area contributed by atoms with Gasteiger partial charge in [0.2, 0.25) is 0 Å². The van der Waals surface area contributed by atoms with Crippen molar-refractivity contribution in [3.63, 3.8) is 0 Å². The van der Waals surface area contributed by atoms with Crippen LogP contribution in [0.4, 0.5) is 11.4 Å². The smallest absolute Gasteiger partial charge is 0.273 e. The first-order valence-electron chi connectivity index (χ1n) is 6.63. The van der Waals surface area contributed by atoms with Crippen LogP contribution in [-0.2, 0) is 6.54 Å². The maximum Gasteiger partial charge on any atom is 0.273 e. The third-order valence-electron chi connectivity index (χ3n) is 3.40. The molecule has 0 unspecified atom stereocenters. The van der Waals surface area contributed by atoms with Crippen molar-refractivity contribution in [2.24, 2.45) is 0 Å². The summed E-state index contributed by atoms with van der Waals surface area (Å²) < 4.78 is 5.10. The molecule has 21 heavy (non-hydrogen) atoms. The van der Waals surface area contributed by atoms with Crippen molar-refractivity contribution in [3.8, 4) is 5.75 Å². The topological polar surface area (TPSA) is 64.4 Å². The first-order valence-corrected chi connectivity index (χ1v) is 6.63. The lowest BCUT2D eigenvalue weighted by atomic mass is 10.1. The van der Waals surface area contributed by atoms with E-state index in [-0.39, 0.29) is 5.69 Å². The van der Waals surface area contributed by atoms with Gasteiger partial charge < -0.3 is 10.1 Å². The number of hydrogen-bond acceptors (Lipinski definition) is 4. The molecule has 0 aliphatic carbocycles. The molecular weight excluding hydrogens is 268 g/mol. The van der Waals surface area contributed by atoms with Crippen molar-refractivity contribution >= 4 is 11.4 Å². The molecule has 0 saturated heterocycles. The molecule has 5 nitrogen and oxygen atoms in total. The highest BCUT2D eigenvalue weighted by Gasteiger charge is 2.10. The molecule has 0 bridgehead atoms. The van der Waals surface area contributed by atoms with E-state index in [4.69, 9.17) is 4.74 Å². The number of non-ortho nitro benzene ring substituents is 1. The lowest BCUT2D eigenvalue weighted by Gasteiger charge is -2.10. The van der Waals surface area contributed by atoms with Crippen molar-refractivity contribution in [1.29, 1.82) is 0 Å². The van der Waals surface area contributed by atoms with Crippen molar-refractivity contribution in [2.75, 3.05) is 12.4 Å². The molecule has 1 N–H and O–H groups in total. The maximum absolute atomic E-state index is 10.9. The highest BCUT2D eigenvalue weighted by molar-refractivity contribution is 5.50. The van der Waals surface area contributed by atoms with Crippen LogP contribution in [0.2, 0.25) is 0 Å². The SMILES string of the molecule is COc1cc(CNc2ccc(C)c(C)c2)cc([N+](=O)[O-])c1. The number of ether oxygens (including phenoxy) is 1. The van der Waals surface area contributed by atoms with Gasteiger partial charge in [-0.25, -0.2) is 0 Å². The third kappa shape index (κ3) is 3.72. The van der Waals surface area contributed by atoms with Gasteiger partial charge in [-0.3, -0.25) is 10.1 Å². The first-order chi connectivity index (χ1) is 9.99. The van der Waals surface area contributed by atoms with Gasteiger partial charge in [-0.1, -0.05) is 6.07 Å². The predicted octanol–water partition coefficient (Wildman–Crippen LogP) is 3.83. The Labute approximate surface area is 123 Å². The first kappa shape index (κ1) is 14.8. The minimum Gasteiger partial charge on any atom is -0.496 e.